The third kappa shape index (κ3) is 3.09. The summed E-state index contributed by atoms with van der Waals surface area (Å²) in [5.41, 5.74) is 0.851. The molecule has 0 aliphatic rings. The standard InChI is InChI=1S/C8H9BrO2S2/c1-12-5-6-2-3-7(9)4-8(6)13(10)11/h2-4H,5H2,1H3,(H,10,11)/p-1. The van der Waals surface area contributed by atoms with Crippen molar-refractivity contribution in [3.05, 3.63) is 28.2 Å². The molecular formula is C8H8BrO2S2-. The molecule has 0 aliphatic heterocycles. The molecule has 1 unspecified atom stereocenters. The summed E-state index contributed by atoms with van der Waals surface area (Å²) in [6.45, 7) is 0. The van der Waals surface area contributed by atoms with Crippen LogP contribution in [0.15, 0.2) is 27.6 Å². The van der Waals surface area contributed by atoms with E-state index in [1.807, 2.05) is 18.4 Å². The Kier molecular flexibility index (Phi) is 4.45. The minimum absolute atomic E-state index is 0.378. The largest absolute Gasteiger partial charge is 0.768 e. The van der Waals surface area contributed by atoms with Crippen molar-refractivity contribution in [3.63, 3.8) is 0 Å². The van der Waals surface area contributed by atoms with E-state index >= 15 is 0 Å². The van der Waals surface area contributed by atoms with Gasteiger partial charge in [0.25, 0.3) is 0 Å². The van der Waals surface area contributed by atoms with Gasteiger partial charge in [0.15, 0.2) is 0 Å². The predicted octanol–water partition coefficient (Wildman–Crippen LogP) is 2.55. The number of halogens is 1. The third-order valence-electron chi connectivity index (χ3n) is 1.51. The summed E-state index contributed by atoms with van der Waals surface area (Å²) in [5, 5.41) is 0. The molecular weight excluding hydrogens is 272 g/mol. The molecule has 0 radical (unpaired) electrons. The number of hydrogen-bond donors (Lipinski definition) is 0. The van der Waals surface area contributed by atoms with Crippen LogP contribution in [0.3, 0.4) is 0 Å². The fourth-order valence-corrected chi connectivity index (χ4v) is 2.70. The summed E-state index contributed by atoms with van der Waals surface area (Å²) in [4.78, 5) is 0.378. The molecule has 0 fully saturated rings. The van der Waals surface area contributed by atoms with Crippen LogP contribution in [0.25, 0.3) is 0 Å². The van der Waals surface area contributed by atoms with Crippen molar-refractivity contribution in [2.75, 3.05) is 6.26 Å². The molecule has 0 aromatic heterocycles. The maximum absolute atomic E-state index is 10.8. The van der Waals surface area contributed by atoms with Crippen molar-refractivity contribution in [3.8, 4) is 0 Å². The Hall–Kier alpha value is 0.160. The van der Waals surface area contributed by atoms with Gasteiger partial charge in [-0.25, -0.2) is 0 Å². The van der Waals surface area contributed by atoms with Gasteiger partial charge in [0.1, 0.15) is 0 Å². The maximum atomic E-state index is 10.8. The molecule has 1 rings (SSSR count). The average Bonchev–Trinajstić information content (AvgIpc) is 2.08. The second-order valence-corrected chi connectivity index (χ2v) is 5.11. The first-order chi connectivity index (χ1) is 6.15. The van der Waals surface area contributed by atoms with Crippen LogP contribution in [0.2, 0.25) is 0 Å². The Balaban J connectivity index is 3.10. The molecule has 1 aromatic carbocycles. The van der Waals surface area contributed by atoms with E-state index in [-0.39, 0.29) is 0 Å². The monoisotopic (exact) mass is 279 g/mol. The van der Waals surface area contributed by atoms with Crippen molar-refractivity contribution >= 4 is 38.8 Å². The molecule has 2 nitrogen and oxygen atoms in total. The highest BCUT2D eigenvalue weighted by Gasteiger charge is 2.02. The fourth-order valence-electron chi connectivity index (χ4n) is 0.958. The van der Waals surface area contributed by atoms with E-state index in [9.17, 15) is 8.76 Å². The molecule has 0 bridgehead atoms. The van der Waals surface area contributed by atoms with Crippen LogP contribution in [0, 0.1) is 0 Å². The number of rotatable bonds is 3. The first kappa shape index (κ1) is 11.2. The van der Waals surface area contributed by atoms with E-state index in [2.05, 4.69) is 15.9 Å². The molecule has 13 heavy (non-hydrogen) atoms. The number of thioether (sulfide) groups is 1. The van der Waals surface area contributed by atoms with E-state index in [1.165, 1.54) is 0 Å². The highest BCUT2D eigenvalue weighted by molar-refractivity contribution is 9.10. The Bertz CT molecular complexity index is 328. The Labute approximate surface area is 92.5 Å². The normalized spacial score (nSPS) is 12.8. The second-order valence-electron chi connectivity index (χ2n) is 2.42. The zero-order valence-corrected chi connectivity index (χ0v) is 10.2. The first-order valence-electron chi connectivity index (χ1n) is 3.51. The van der Waals surface area contributed by atoms with Crippen molar-refractivity contribution < 1.29 is 8.76 Å². The summed E-state index contributed by atoms with van der Waals surface area (Å²) in [5.74, 6) is 0.719. The molecule has 1 aromatic rings. The van der Waals surface area contributed by atoms with Gasteiger partial charge in [-0.1, -0.05) is 22.0 Å². The molecule has 0 saturated heterocycles. The van der Waals surface area contributed by atoms with Crippen molar-refractivity contribution in [2.45, 2.75) is 10.6 Å². The van der Waals surface area contributed by atoms with Gasteiger partial charge in [0, 0.05) is 15.1 Å². The molecule has 0 heterocycles. The molecule has 0 amide bonds. The van der Waals surface area contributed by atoms with Crippen LogP contribution in [-0.4, -0.2) is 15.0 Å². The van der Waals surface area contributed by atoms with Gasteiger partial charge in [-0.2, -0.15) is 11.8 Å². The Morgan fingerprint density at radius 2 is 2.31 bits per heavy atom. The highest BCUT2D eigenvalue weighted by atomic mass is 79.9. The van der Waals surface area contributed by atoms with E-state index in [0.29, 0.717) is 4.90 Å². The average molecular weight is 280 g/mol. The molecule has 0 spiro atoms. The van der Waals surface area contributed by atoms with E-state index < -0.39 is 11.1 Å². The summed E-state index contributed by atoms with van der Waals surface area (Å²) < 4.78 is 22.4. The molecule has 0 saturated carbocycles. The Morgan fingerprint density at radius 1 is 1.62 bits per heavy atom. The zero-order chi connectivity index (χ0) is 9.84. The summed E-state index contributed by atoms with van der Waals surface area (Å²) in [6, 6.07) is 5.29. The molecule has 0 aliphatic carbocycles. The first-order valence-corrected chi connectivity index (χ1v) is 6.78. The summed E-state index contributed by atoms with van der Waals surface area (Å²) >= 11 is 2.69. The molecule has 0 N–H and O–H groups in total. The highest BCUT2D eigenvalue weighted by Crippen LogP contribution is 2.22. The van der Waals surface area contributed by atoms with Crippen LogP contribution in [0.5, 0.6) is 0 Å². The molecule has 1 atom stereocenters. The molecule has 72 valence electrons. The van der Waals surface area contributed by atoms with E-state index in [1.54, 1.807) is 17.8 Å². The van der Waals surface area contributed by atoms with Crippen LogP contribution in [-0.2, 0) is 16.8 Å². The van der Waals surface area contributed by atoms with Crippen molar-refractivity contribution in [2.24, 2.45) is 0 Å². The van der Waals surface area contributed by atoms with Gasteiger partial charge in [-0.15, -0.1) is 0 Å². The minimum Gasteiger partial charge on any atom is -0.768 e. The van der Waals surface area contributed by atoms with Gasteiger partial charge < -0.3 is 4.55 Å². The van der Waals surface area contributed by atoms with Crippen LogP contribution >= 0.6 is 27.7 Å². The van der Waals surface area contributed by atoms with E-state index in [0.717, 1.165) is 15.8 Å². The van der Waals surface area contributed by atoms with Gasteiger partial charge in [0.05, 0.1) is 0 Å². The summed E-state index contributed by atoms with van der Waals surface area (Å²) in [7, 11) is 0. The lowest BCUT2D eigenvalue weighted by atomic mass is 10.2. The third-order valence-corrected chi connectivity index (χ3v) is 3.34. The topological polar surface area (TPSA) is 40.1 Å². The van der Waals surface area contributed by atoms with Gasteiger partial charge >= 0.3 is 0 Å². The summed E-state index contributed by atoms with van der Waals surface area (Å²) in [6.07, 6.45) is 1.94. The fraction of sp³-hybridized carbons (Fsp3) is 0.250. The van der Waals surface area contributed by atoms with Gasteiger partial charge in [-0.05, 0) is 35.0 Å². The SMILES string of the molecule is CSCc1ccc(Br)cc1S(=O)[O-]. The van der Waals surface area contributed by atoms with Crippen LogP contribution in [0.4, 0.5) is 0 Å². The number of benzene rings is 1. The smallest absolute Gasteiger partial charge is 0.0300 e. The minimum atomic E-state index is -2.15. The predicted molar refractivity (Wildman–Crippen MR) is 58.5 cm³/mol. The quantitative estimate of drug-likeness (QED) is 0.799. The lowest BCUT2D eigenvalue weighted by Gasteiger charge is -2.11. The van der Waals surface area contributed by atoms with Crippen LogP contribution < -0.4 is 0 Å². The lowest BCUT2D eigenvalue weighted by molar-refractivity contribution is 0.536. The maximum Gasteiger partial charge on any atom is 0.0300 e. The van der Waals surface area contributed by atoms with Crippen molar-refractivity contribution in [1.29, 1.82) is 0 Å². The zero-order valence-electron chi connectivity index (χ0n) is 6.95. The van der Waals surface area contributed by atoms with Gasteiger partial charge in [0.2, 0.25) is 0 Å². The number of hydrogen-bond acceptors (Lipinski definition) is 3. The second kappa shape index (κ2) is 5.14. The molecule has 5 heteroatoms. The van der Waals surface area contributed by atoms with Gasteiger partial charge in [-0.3, -0.25) is 4.21 Å². The van der Waals surface area contributed by atoms with Crippen LogP contribution in [0.1, 0.15) is 5.56 Å². The Morgan fingerprint density at radius 3 is 2.85 bits per heavy atom. The lowest BCUT2D eigenvalue weighted by Crippen LogP contribution is -1.95. The van der Waals surface area contributed by atoms with E-state index in [4.69, 9.17) is 0 Å². The van der Waals surface area contributed by atoms with Crippen molar-refractivity contribution in [1.82, 2.24) is 0 Å².